The Morgan fingerprint density at radius 1 is 1.17 bits per heavy atom. The van der Waals surface area contributed by atoms with Gasteiger partial charge in [-0.15, -0.1) is 12.4 Å². The van der Waals surface area contributed by atoms with Crippen LogP contribution in [0.4, 0.5) is 0 Å². The predicted octanol–water partition coefficient (Wildman–Crippen LogP) is 3.80. The number of fused-ring (bicyclic) bond motifs is 3. The third-order valence-electron chi connectivity index (χ3n) is 6.35. The number of aromatic nitrogens is 1. The van der Waals surface area contributed by atoms with Crippen LogP contribution >= 0.6 is 12.4 Å². The van der Waals surface area contributed by atoms with E-state index in [0.717, 1.165) is 49.7 Å². The zero-order valence-electron chi connectivity index (χ0n) is 17.9. The summed E-state index contributed by atoms with van der Waals surface area (Å²) in [6.07, 6.45) is 3.81. The number of nitrogens with zero attached hydrogens (tertiary/aromatic N) is 2. The molecule has 2 atom stereocenters. The van der Waals surface area contributed by atoms with Crippen LogP contribution in [0.5, 0.6) is 0 Å². The number of benzene rings is 1. The van der Waals surface area contributed by atoms with Gasteiger partial charge in [-0.3, -0.25) is 9.69 Å². The van der Waals surface area contributed by atoms with Gasteiger partial charge in [0.2, 0.25) is 0 Å². The van der Waals surface area contributed by atoms with Gasteiger partial charge in [0, 0.05) is 44.6 Å². The van der Waals surface area contributed by atoms with Crippen LogP contribution in [0.25, 0.3) is 10.9 Å². The van der Waals surface area contributed by atoms with E-state index < -0.39 is 5.97 Å². The number of pyridine rings is 1. The summed E-state index contributed by atoms with van der Waals surface area (Å²) >= 11 is 0. The van der Waals surface area contributed by atoms with E-state index in [4.69, 9.17) is 9.47 Å². The molecule has 7 heteroatoms. The lowest BCUT2D eigenvalue weighted by atomic mass is 9.99. The molecule has 2 fully saturated rings. The number of hydrogen-bond donors (Lipinski definition) is 0. The number of esters is 1. The van der Waals surface area contributed by atoms with Crippen LogP contribution in [0.3, 0.4) is 0 Å². The summed E-state index contributed by atoms with van der Waals surface area (Å²) in [4.78, 5) is 28.5. The fraction of sp³-hybridized carbons (Fsp3) is 0.565. The topological polar surface area (TPSA) is 60.8 Å². The first-order valence-corrected chi connectivity index (χ1v) is 10.6. The molecule has 2 bridgehead atoms. The quantitative estimate of drug-likeness (QED) is 0.647. The molecule has 2 aromatic rings. The van der Waals surface area contributed by atoms with Crippen LogP contribution in [0.2, 0.25) is 0 Å². The number of methoxy groups -OCH3 is 1. The maximum atomic E-state index is 13.1. The van der Waals surface area contributed by atoms with E-state index in [1.54, 1.807) is 17.7 Å². The molecule has 30 heavy (non-hydrogen) atoms. The maximum Gasteiger partial charge on any atom is 0.344 e. The molecular weight excluding hydrogens is 404 g/mol. The first kappa shape index (κ1) is 22.8. The second kappa shape index (κ2) is 9.50. The Balaban J connectivity index is 0.00000256. The third kappa shape index (κ3) is 4.27. The Bertz CT molecular complexity index is 944. The molecule has 1 aromatic carbocycles. The Morgan fingerprint density at radius 3 is 2.47 bits per heavy atom. The summed E-state index contributed by atoms with van der Waals surface area (Å²) in [5, 5.41) is 0.877. The summed E-state index contributed by atoms with van der Waals surface area (Å²) in [6, 6.07) is 10.2. The van der Waals surface area contributed by atoms with Gasteiger partial charge >= 0.3 is 5.97 Å². The molecule has 4 rings (SSSR count). The largest absolute Gasteiger partial charge is 0.459 e. The summed E-state index contributed by atoms with van der Waals surface area (Å²) in [5.41, 5.74) is 0.698. The first-order valence-electron chi connectivity index (χ1n) is 10.6. The number of para-hydroxylation sites is 1. The van der Waals surface area contributed by atoms with Crippen LogP contribution in [-0.2, 0) is 9.47 Å². The summed E-state index contributed by atoms with van der Waals surface area (Å²) in [5.74, 6) is -0.495. The van der Waals surface area contributed by atoms with E-state index in [1.807, 2.05) is 38.1 Å². The van der Waals surface area contributed by atoms with Gasteiger partial charge in [-0.2, -0.15) is 0 Å². The monoisotopic (exact) mass is 434 g/mol. The van der Waals surface area contributed by atoms with Crippen molar-refractivity contribution in [2.45, 2.75) is 63.8 Å². The van der Waals surface area contributed by atoms with Crippen molar-refractivity contribution in [1.82, 2.24) is 9.47 Å². The second-order valence-corrected chi connectivity index (χ2v) is 8.50. The highest BCUT2D eigenvalue weighted by Crippen LogP contribution is 2.36. The molecule has 3 heterocycles. The molecule has 0 spiro atoms. The molecule has 6 nitrogen and oxygen atoms in total. The molecule has 0 radical (unpaired) electrons. The van der Waals surface area contributed by atoms with E-state index in [2.05, 4.69) is 4.90 Å². The van der Waals surface area contributed by atoms with E-state index in [-0.39, 0.29) is 35.7 Å². The van der Waals surface area contributed by atoms with Crippen LogP contribution in [-0.4, -0.2) is 53.9 Å². The van der Waals surface area contributed by atoms with Gasteiger partial charge in [-0.1, -0.05) is 18.2 Å². The lowest BCUT2D eigenvalue weighted by molar-refractivity contribution is -0.0110. The SMILES string of the molecule is COCCN1C2CCC1CC(OC(=O)c1cc3ccccc3n(C(C)C)c1=O)C2.Cl. The molecule has 164 valence electrons. The number of rotatable bonds is 6. The average Bonchev–Trinajstić information content (AvgIpc) is 2.93. The normalized spacial score (nSPS) is 23.5. The molecule has 2 aliphatic rings. The number of piperidine rings is 1. The van der Waals surface area contributed by atoms with Gasteiger partial charge in [0.05, 0.1) is 12.1 Å². The predicted molar refractivity (Wildman–Crippen MR) is 120 cm³/mol. The Kier molecular flexibility index (Phi) is 7.22. The molecule has 2 unspecified atom stereocenters. The lowest BCUT2D eigenvalue weighted by Crippen LogP contribution is -2.47. The number of ether oxygens (including phenoxy) is 2. The Labute approximate surface area is 183 Å². The molecule has 2 aliphatic heterocycles. The smallest absolute Gasteiger partial charge is 0.344 e. The van der Waals surface area contributed by atoms with Crippen molar-refractivity contribution in [3.63, 3.8) is 0 Å². The Hall–Kier alpha value is -1.89. The van der Waals surface area contributed by atoms with E-state index in [0.29, 0.717) is 12.1 Å². The number of halogens is 1. The number of carbonyl (C=O) groups is 1. The van der Waals surface area contributed by atoms with E-state index >= 15 is 0 Å². The zero-order valence-corrected chi connectivity index (χ0v) is 18.7. The summed E-state index contributed by atoms with van der Waals surface area (Å²) < 4.78 is 12.8. The molecule has 0 N–H and O–H groups in total. The van der Waals surface area contributed by atoms with Crippen LogP contribution in [0, 0.1) is 0 Å². The summed E-state index contributed by atoms with van der Waals surface area (Å²) in [7, 11) is 1.73. The van der Waals surface area contributed by atoms with E-state index in [1.165, 1.54) is 0 Å². The molecule has 2 saturated heterocycles. The van der Waals surface area contributed by atoms with Gasteiger partial charge in [0.1, 0.15) is 11.7 Å². The minimum Gasteiger partial charge on any atom is -0.459 e. The van der Waals surface area contributed by atoms with Gasteiger partial charge in [0.25, 0.3) is 5.56 Å². The van der Waals surface area contributed by atoms with Crippen molar-refractivity contribution in [3.05, 3.63) is 46.2 Å². The van der Waals surface area contributed by atoms with Crippen molar-refractivity contribution >= 4 is 29.3 Å². The first-order chi connectivity index (χ1) is 14.0. The van der Waals surface area contributed by atoms with E-state index in [9.17, 15) is 9.59 Å². The Morgan fingerprint density at radius 2 is 1.83 bits per heavy atom. The minimum absolute atomic E-state index is 0. The fourth-order valence-electron chi connectivity index (χ4n) is 5.04. The molecule has 0 amide bonds. The van der Waals surface area contributed by atoms with Gasteiger partial charge < -0.3 is 14.0 Å². The highest BCUT2D eigenvalue weighted by atomic mass is 35.5. The van der Waals surface area contributed by atoms with Gasteiger partial charge in [0.15, 0.2) is 0 Å². The number of hydrogen-bond acceptors (Lipinski definition) is 5. The lowest BCUT2D eigenvalue weighted by Gasteiger charge is -2.38. The molecular formula is C23H31ClN2O4. The van der Waals surface area contributed by atoms with Crippen molar-refractivity contribution < 1.29 is 14.3 Å². The van der Waals surface area contributed by atoms with Crippen LogP contribution < -0.4 is 5.56 Å². The van der Waals surface area contributed by atoms with Gasteiger partial charge in [-0.25, -0.2) is 4.79 Å². The summed E-state index contributed by atoms with van der Waals surface area (Å²) in [6.45, 7) is 5.56. The minimum atomic E-state index is -0.495. The highest BCUT2D eigenvalue weighted by molar-refractivity contribution is 5.94. The highest BCUT2D eigenvalue weighted by Gasteiger charge is 2.41. The molecule has 0 aliphatic carbocycles. The van der Waals surface area contributed by atoms with Crippen molar-refractivity contribution in [3.8, 4) is 0 Å². The van der Waals surface area contributed by atoms with Crippen LogP contribution in [0.15, 0.2) is 35.1 Å². The maximum absolute atomic E-state index is 13.1. The fourth-order valence-corrected chi connectivity index (χ4v) is 5.04. The van der Waals surface area contributed by atoms with Gasteiger partial charge in [-0.05, 0) is 44.2 Å². The van der Waals surface area contributed by atoms with Crippen molar-refractivity contribution in [2.75, 3.05) is 20.3 Å². The second-order valence-electron chi connectivity index (χ2n) is 8.50. The third-order valence-corrected chi connectivity index (χ3v) is 6.35. The van der Waals surface area contributed by atoms with Crippen molar-refractivity contribution in [2.24, 2.45) is 0 Å². The zero-order chi connectivity index (χ0) is 20.5. The van der Waals surface area contributed by atoms with Crippen molar-refractivity contribution in [1.29, 1.82) is 0 Å². The standard InChI is InChI=1S/C23H30N2O4.ClH/c1-15(2)25-21-7-5-4-6-16(21)12-20(22(25)26)23(27)29-19-13-17-8-9-18(14-19)24(17)10-11-28-3;/h4-7,12,15,17-19H,8-11,13-14H2,1-3H3;1H. The average molecular weight is 435 g/mol. The molecule has 1 aromatic heterocycles. The number of carbonyl (C=O) groups excluding carboxylic acids is 1. The molecule has 0 saturated carbocycles. The van der Waals surface area contributed by atoms with Crippen LogP contribution in [0.1, 0.15) is 55.9 Å².